The molecular formula is C11H21BO3. The van der Waals surface area contributed by atoms with Crippen LogP contribution in [0.2, 0.25) is 0 Å². The molecule has 0 unspecified atom stereocenters. The summed E-state index contributed by atoms with van der Waals surface area (Å²) in [6.07, 6.45) is 5.01. The Morgan fingerprint density at radius 2 is 1.93 bits per heavy atom. The van der Waals surface area contributed by atoms with Gasteiger partial charge in [-0.2, -0.15) is 0 Å². The van der Waals surface area contributed by atoms with Crippen LogP contribution in [0, 0.1) is 0 Å². The molecule has 0 heterocycles. The second-order valence-corrected chi connectivity index (χ2v) is 5.21. The van der Waals surface area contributed by atoms with Gasteiger partial charge >= 0.3 is 7.12 Å². The Hall–Kier alpha value is -0.315. The standard InChI is InChI=1S/C11H21BO3/c1-10(2,13)11(3,4)15-12(14)9-7-5-6-8-9/h7,13-14H,5-6,8H2,1-4H3. The van der Waals surface area contributed by atoms with Crippen LogP contribution in [0.15, 0.2) is 11.5 Å². The van der Waals surface area contributed by atoms with Crippen molar-refractivity contribution in [2.75, 3.05) is 0 Å². The number of aliphatic hydroxyl groups is 1. The van der Waals surface area contributed by atoms with E-state index in [0.29, 0.717) is 0 Å². The van der Waals surface area contributed by atoms with Gasteiger partial charge in [0.1, 0.15) is 0 Å². The smallest absolute Gasteiger partial charge is 0.423 e. The van der Waals surface area contributed by atoms with Crippen LogP contribution in [0.1, 0.15) is 47.0 Å². The molecule has 86 valence electrons. The minimum Gasteiger partial charge on any atom is -0.423 e. The highest BCUT2D eigenvalue weighted by molar-refractivity contribution is 6.52. The number of allylic oxidation sites excluding steroid dienone is 2. The van der Waals surface area contributed by atoms with Gasteiger partial charge in [-0.1, -0.05) is 6.08 Å². The maximum atomic E-state index is 9.88. The molecule has 0 bridgehead atoms. The van der Waals surface area contributed by atoms with E-state index in [9.17, 15) is 10.1 Å². The summed E-state index contributed by atoms with van der Waals surface area (Å²) in [6.45, 7) is 6.93. The molecule has 0 radical (unpaired) electrons. The van der Waals surface area contributed by atoms with Gasteiger partial charge in [0.25, 0.3) is 0 Å². The summed E-state index contributed by atoms with van der Waals surface area (Å²) in [7, 11) is -0.881. The zero-order valence-corrected chi connectivity index (χ0v) is 10.1. The van der Waals surface area contributed by atoms with Gasteiger partial charge < -0.3 is 14.8 Å². The third kappa shape index (κ3) is 3.07. The van der Waals surface area contributed by atoms with Gasteiger partial charge in [-0.05, 0) is 52.4 Å². The second kappa shape index (κ2) is 4.28. The predicted molar refractivity (Wildman–Crippen MR) is 61.4 cm³/mol. The lowest BCUT2D eigenvalue weighted by atomic mass is 9.75. The van der Waals surface area contributed by atoms with Crippen LogP contribution in [0.3, 0.4) is 0 Å². The largest absolute Gasteiger partial charge is 0.487 e. The van der Waals surface area contributed by atoms with Crippen LogP contribution in [0.4, 0.5) is 0 Å². The zero-order valence-electron chi connectivity index (χ0n) is 10.1. The third-order valence-corrected chi connectivity index (χ3v) is 3.27. The molecule has 0 aromatic rings. The zero-order chi connectivity index (χ0) is 11.7. The van der Waals surface area contributed by atoms with Gasteiger partial charge in [0.2, 0.25) is 0 Å². The Kier molecular flexibility index (Phi) is 3.64. The van der Waals surface area contributed by atoms with Gasteiger partial charge in [-0.25, -0.2) is 0 Å². The summed E-state index contributed by atoms with van der Waals surface area (Å²) in [6, 6.07) is 0. The Morgan fingerprint density at radius 1 is 1.33 bits per heavy atom. The molecule has 0 aliphatic heterocycles. The van der Waals surface area contributed by atoms with Gasteiger partial charge in [0.05, 0.1) is 11.2 Å². The number of hydrogen-bond donors (Lipinski definition) is 2. The first-order valence-corrected chi connectivity index (χ1v) is 5.51. The van der Waals surface area contributed by atoms with Crippen molar-refractivity contribution in [3.8, 4) is 0 Å². The van der Waals surface area contributed by atoms with E-state index in [0.717, 1.165) is 24.7 Å². The van der Waals surface area contributed by atoms with Crippen LogP contribution in [0.25, 0.3) is 0 Å². The van der Waals surface area contributed by atoms with Crippen molar-refractivity contribution in [1.82, 2.24) is 0 Å². The fraction of sp³-hybridized carbons (Fsp3) is 0.818. The molecule has 0 atom stereocenters. The third-order valence-electron chi connectivity index (χ3n) is 3.27. The minimum atomic E-state index is -0.979. The molecule has 2 N–H and O–H groups in total. The molecule has 0 aromatic carbocycles. The van der Waals surface area contributed by atoms with Crippen molar-refractivity contribution in [2.24, 2.45) is 0 Å². The highest BCUT2D eigenvalue weighted by atomic mass is 16.5. The SMILES string of the molecule is CC(C)(O)C(C)(C)OB(O)C1=CCCC1. The molecule has 1 rings (SSSR count). The summed E-state index contributed by atoms with van der Waals surface area (Å²) >= 11 is 0. The van der Waals surface area contributed by atoms with Crippen LogP contribution < -0.4 is 0 Å². The molecule has 15 heavy (non-hydrogen) atoms. The molecule has 1 aliphatic rings. The lowest BCUT2D eigenvalue weighted by Gasteiger charge is -2.38. The first-order valence-electron chi connectivity index (χ1n) is 5.51. The molecule has 0 saturated heterocycles. The van der Waals surface area contributed by atoms with E-state index in [1.54, 1.807) is 27.7 Å². The molecule has 3 nitrogen and oxygen atoms in total. The number of rotatable bonds is 4. The van der Waals surface area contributed by atoms with Gasteiger partial charge in [-0.3, -0.25) is 0 Å². The Bertz CT molecular complexity index is 253. The summed E-state index contributed by atoms with van der Waals surface area (Å²) in [5.74, 6) is 0. The summed E-state index contributed by atoms with van der Waals surface area (Å²) in [5, 5.41) is 19.7. The molecule has 0 spiro atoms. The fourth-order valence-corrected chi connectivity index (χ4v) is 1.42. The normalized spacial score (nSPS) is 17.9. The summed E-state index contributed by atoms with van der Waals surface area (Å²) in [5.41, 5.74) is -0.810. The summed E-state index contributed by atoms with van der Waals surface area (Å²) in [4.78, 5) is 0. The van der Waals surface area contributed by atoms with E-state index in [-0.39, 0.29) is 0 Å². The highest BCUT2D eigenvalue weighted by Crippen LogP contribution is 2.28. The van der Waals surface area contributed by atoms with E-state index in [1.807, 2.05) is 6.08 Å². The maximum absolute atomic E-state index is 9.88. The van der Waals surface area contributed by atoms with Crippen LogP contribution >= 0.6 is 0 Å². The molecule has 4 heteroatoms. The lowest BCUT2D eigenvalue weighted by molar-refractivity contribution is -0.0989. The van der Waals surface area contributed by atoms with Crippen molar-refractivity contribution in [3.05, 3.63) is 11.5 Å². The molecule has 0 saturated carbocycles. The monoisotopic (exact) mass is 212 g/mol. The number of hydrogen-bond acceptors (Lipinski definition) is 3. The van der Waals surface area contributed by atoms with Crippen molar-refractivity contribution in [1.29, 1.82) is 0 Å². The Morgan fingerprint density at radius 3 is 2.33 bits per heavy atom. The Labute approximate surface area is 92.3 Å². The van der Waals surface area contributed by atoms with Crippen molar-refractivity contribution >= 4 is 7.12 Å². The van der Waals surface area contributed by atoms with E-state index in [2.05, 4.69) is 0 Å². The topological polar surface area (TPSA) is 49.7 Å². The first kappa shape index (κ1) is 12.8. The lowest BCUT2D eigenvalue weighted by Crippen LogP contribution is -2.50. The quantitative estimate of drug-likeness (QED) is 0.697. The van der Waals surface area contributed by atoms with Gasteiger partial charge in [0, 0.05) is 0 Å². The van der Waals surface area contributed by atoms with Crippen molar-refractivity contribution in [3.63, 3.8) is 0 Å². The van der Waals surface area contributed by atoms with Crippen LogP contribution in [-0.4, -0.2) is 28.5 Å². The molecule has 1 aliphatic carbocycles. The molecule has 0 amide bonds. The van der Waals surface area contributed by atoms with Crippen molar-refractivity contribution in [2.45, 2.75) is 58.2 Å². The molecular weight excluding hydrogens is 191 g/mol. The second-order valence-electron chi connectivity index (χ2n) is 5.21. The average Bonchev–Trinajstić information content (AvgIpc) is 2.51. The fourth-order valence-electron chi connectivity index (χ4n) is 1.42. The van der Waals surface area contributed by atoms with E-state index < -0.39 is 18.3 Å². The highest BCUT2D eigenvalue weighted by Gasteiger charge is 2.40. The van der Waals surface area contributed by atoms with E-state index in [4.69, 9.17) is 4.65 Å². The van der Waals surface area contributed by atoms with Crippen molar-refractivity contribution < 1.29 is 14.8 Å². The Balaban J connectivity index is 2.61. The van der Waals surface area contributed by atoms with Gasteiger partial charge in [-0.15, -0.1) is 0 Å². The predicted octanol–water partition coefficient (Wildman–Crippen LogP) is 1.68. The molecule has 0 aromatic heterocycles. The summed E-state index contributed by atoms with van der Waals surface area (Å²) < 4.78 is 5.52. The van der Waals surface area contributed by atoms with E-state index in [1.165, 1.54) is 0 Å². The average molecular weight is 212 g/mol. The van der Waals surface area contributed by atoms with Gasteiger partial charge in [0.15, 0.2) is 0 Å². The van der Waals surface area contributed by atoms with Crippen LogP contribution in [-0.2, 0) is 4.65 Å². The molecule has 0 fully saturated rings. The minimum absolute atomic E-state index is 0.768. The van der Waals surface area contributed by atoms with Crippen LogP contribution in [0.5, 0.6) is 0 Å². The van der Waals surface area contributed by atoms with E-state index >= 15 is 0 Å². The first-order chi connectivity index (χ1) is 6.74. The maximum Gasteiger partial charge on any atom is 0.487 e.